The van der Waals surface area contributed by atoms with Gasteiger partial charge in [-0.2, -0.15) is 15.0 Å². The molecule has 0 unspecified atom stereocenters. The van der Waals surface area contributed by atoms with Crippen molar-refractivity contribution in [3.05, 3.63) is 24.3 Å². The van der Waals surface area contributed by atoms with Crippen molar-refractivity contribution in [2.75, 3.05) is 13.7 Å². The van der Waals surface area contributed by atoms with Gasteiger partial charge in [0, 0.05) is 13.0 Å². The lowest BCUT2D eigenvalue weighted by molar-refractivity contribution is -0.175. The number of nitrogens with zero attached hydrogens (tertiary/aromatic N) is 3. The Balaban J connectivity index is 1.23. The Labute approximate surface area is 208 Å². The van der Waals surface area contributed by atoms with E-state index in [-0.39, 0.29) is 23.3 Å². The van der Waals surface area contributed by atoms with E-state index in [1.807, 2.05) is 38.3 Å². The summed E-state index contributed by atoms with van der Waals surface area (Å²) in [7, 11) is 1.85. The summed E-state index contributed by atoms with van der Waals surface area (Å²) in [4.78, 5) is 15.2. The van der Waals surface area contributed by atoms with Gasteiger partial charge in [-0.3, -0.25) is 4.79 Å². The Hall–Kier alpha value is -1.79. The number of hydrogen-bond acceptors (Lipinski definition) is 5. The van der Waals surface area contributed by atoms with Crippen LogP contribution in [0.1, 0.15) is 71.6 Å². The third-order valence-corrected chi connectivity index (χ3v) is 11.1. The van der Waals surface area contributed by atoms with Crippen LogP contribution in [0.4, 0.5) is 0 Å². The molecule has 0 spiro atoms. The number of hydrogen-bond donors (Lipinski definition) is 1. The molecular formula is C29H41N3O3. The summed E-state index contributed by atoms with van der Waals surface area (Å²) in [5, 5.41) is 20.0. The molecule has 1 aromatic carbocycles. The SMILES string of the molecule is COC[C@]12CC[C@@](C)(O)C[C@H]1CC[C@H]1[C@@H]3CC[C@H](C(=O)Cn4nc5ccccc5n4)[C@@]3(C)CC[C@@H]12. The van der Waals surface area contributed by atoms with Gasteiger partial charge in [-0.1, -0.05) is 19.1 Å². The number of ether oxygens (including phenoxy) is 1. The van der Waals surface area contributed by atoms with Crippen LogP contribution in [-0.2, 0) is 16.1 Å². The maximum absolute atomic E-state index is 13.6. The minimum absolute atomic E-state index is 0.0755. The van der Waals surface area contributed by atoms with E-state index in [1.165, 1.54) is 19.3 Å². The Kier molecular flexibility index (Phi) is 5.65. The highest BCUT2D eigenvalue weighted by Gasteiger charge is 2.63. The molecule has 0 bridgehead atoms. The molecule has 1 heterocycles. The van der Waals surface area contributed by atoms with Crippen LogP contribution >= 0.6 is 0 Å². The second-order valence-corrected chi connectivity index (χ2v) is 12.9. The molecule has 6 nitrogen and oxygen atoms in total. The summed E-state index contributed by atoms with van der Waals surface area (Å²) in [6.07, 6.45) is 9.77. The number of methoxy groups -OCH3 is 1. The molecule has 1 N–H and O–H groups in total. The van der Waals surface area contributed by atoms with E-state index in [0.717, 1.165) is 56.2 Å². The van der Waals surface area contributed by atoms with Crippen LogP contribution in [-0.4, -0.2) is 45.2 Å². The molecule has 4 aliphatic rings. The van der Waals surface area contributed by atoms with Gasteiger partial charge in [0.05, 0.1) is 12.2 Å². The minimum atomic E-state index is -0.534. The van der Waals surface area contributed by atoms with Crippen molar-refractivity contribution in [3.8, 4) is 0 Å². The van der Waals surface area contributed by atoms with Crippen molar-refractivity contribution in [2.24, 2.45) is 40.4 Å². The molecule has 0 radical (unpaired) electrons. The van der Waals surface area contributed by atoms with Crippen LogP contribution in [0.3, 0.4) is 0 Å². The van der Waals surface area contributed by atoms with Crippen LogP contribution in [0.5, 0.6) is 0 Å². The number of aliphatic hydroxyl groups is 1. The number of aromatic nitrogens is 3. The standard InChI is InChI=1S/C29H41N3O3/c1-27(34)14-15-29(18-35-3)19(16-27)8-9-20-21-10-11-23(28(21,2)13-12-22(20)29)26(33)17-32-30-24-6-4-5-7-25(24)31-32/h4-7,19-23,34H,8-18H2,1-3H3/t19-,20+,21+,22+,23-,27-,28+,29-/m1/s1. The van der Waals surface area contributed by atoms with Crippen LogP contribution in [0, 0.1) is 40.4 Å². The maximum Gasteiger partial charge on any atom is 0.159 e. The lowest BCUT2D eigenvalue weighted by Crippen LogP contribution is -2.58. The number of benzene rings is 1. The van der Waals surface area contributed by atoms with Gasteiger partial charge in [-0.25, -0.2) is 0 Å². The first-order chi connectivity index (χ1) is 16.8. The van der Waals surface area contributed by atoms with Gasteiger partial charge in [0.2, 0.25) is 0 Å². The van der Waals surface area contributed by atoms with Crippen molar-refractivity contribution in [3.63, 3.8) is 0 Å². The number of fused-ring (bicyclic) bond motifs is 6. The molecule has 2 aromatic rings. The minimum Gasteiger partial charge on any atom is -0.390 e. The van der Waals surface area contributed by atoms with Crippen molar-refractivity contribution >= 4 is 16.8 Å². The smallest absolute Gasteiger partial charge is 0.159 e. The van der Waals surface area contributed by atoms with Gasteiger partial charge in [0.1, 0.15) is 17.6 Å². The van der Waals surface area contributed by atoms with Gasteiger partial charge in [-0.15, -0.1) is 0 Å². The first-order valence-corrected chi connectivity index (χ1v) is 13.8. The molecule has 0 amide bonds. The first kappa shape index (κ1) is 23.6. The molecule has 190 valence electrons. The second kappa shape index (κ2) is 8.37. The zero-order valence-corrected chi connectivity index (χ0v) is 21.6. The average molecular weight is 480 g/mol. The predicted octanol–water partition coefficient (Wildman–Crippen LogP) is 5.04. The lowest BCUT2D eigenvalue weighted by atomic mass is 9.43. The Morgan fingerprint density at radius 3 is 2.49 bits per heavy atom. The summed E-state index contributed by atoms with van der Waals surface area (Å²) in [5.74, 6) is 2.90. The number of carbonyl (C=O) groups excluding carboxylic acids is 1. The third kappa shape index (κ3) is 3.69. The highest BCUT2D eigenvalue weighted by Crippen LogP contribution is 2.68. The first-order valence-electron chi connectivity index (χ1n) is 13.8. The third-order valence-electron chi connectivity index (χ3n) is 11.1. The average Bonchev–Trinajstić information content (AvgIpc) is 3.39. The van der Waals surface area contributed by atoms with Gasteiger partial charge >= 0.3 is 0 Å². The van der Waals surface area contributed by atoms with Crippen LogP contribution < -0.4 is 0 Å². The summed E-state index contributed by atoms with van der Waals surface area (Å²) < 4.78 is 5.89. The van der Waals surface area contributed by atoms with Crippen LogP contribution in [0.25, 0.3) is 11.0 Å². The highest BCUT2D eigenvalue weighted by molar-refractivity contribution is 5.82. The molecule has 4 saturated carbocycles. The van der Waals surface area contributed by atoms with E-state index in [9.17, 15) is 9.90 Å². The largest absolute Gasteiger partial charge is 0.390 e. The van der Waals surface area contributed by atoms with E-state index >= 15 is 0 Å². The summed E-state index contributed by atoms with van der Waals surface area (Å²) in [5.41, 5.74) is 1.44. The fourth-order valence-corrected chi connectivity index (χ4v) is 9.54. The Morgan fingerprint density at radius 2 is 1.77 bits per heavy atom. The highest BCUT2D eigenvalue weighted by atomic mass is 16.5. The fraction of sp³-hybridized carbons (Fsp3) is 0.759. The van der Waals surface area contributed by atoms with E-state index in [1.54, 1.807) is 4.80 Å². The van der Waals surface area contributed by atoms with Gasteiger partial charge in [-0.05, 0) is 111 Å². The monoisotopic (exact) mass is 479 g/mol. The molecule has 0 aliphatic heterocycles. The Morgan fingerprint density at radius 1 is 1.03 bits per heavy atom. The van der Waals surface area contributed by atoms with E-state index in [0.29, 0.717) is 29.5 Å². The van der Waals surface area contributed by atoms with Crippen LogP contribution in [0.2, 0.25) is 0 Å². The quantitative estimate of drug-likeness (QED) is 0.650. The molecule has 4 fully saturated rings. The van der Waals surface area contributed by atoms with Crippen molar-refractivity contribution in [1.29, 1.82) is 0 Å². The topological polar surface area (TPSA) is 77.2 Å². The number of ketones is 1. The van der Waals surface area contributed by atoms with Gasteiger partial charge < -0.3 is 9.84 Å². The molecule has 4 aliphatic carbocycles. The molecule has 6 heteroatoms. The van der Waals surface area contributed by atoms with Gasteiger partial charge in [0.15, 0.2) is 5.78 Å². The normalized spacial score (nSPS) is 42.9. The molecule has 0 saturated heterocycles. The molecule has 35 heavy (non-hydrogen) atoms. The second-order valence-electron chi connectivity index (χ2n) is 12.9. The fourth-order valence-electron chi connectivity index (χ4n) is 9.54. The van der Waals surface area contributed by atoms with Crippen LogP contribution in [0.15, 0.2) is 24.3 Å². The van der Waals surface area contributed by atoms with Crippen molar-refractivity contribution in [2.45, 2.75) is 83.8 Å². The molecular weight excluding hydrogens is 438 g/mol. The summed E-state index contributed by atoms with van der Waals surface area (Å²) in [6, 6.07) is 7.83. The summed E-state index contributed by atoms with van der Waals surface area (Å²) in [6.45, 7) is 5.54. The zero-order valence-electron chi connectivity index (χ0n) is 21.6. The van der Waals surface area contributed by atoms with Crippen molar-refractivity contribution in [1.82, 2.24) is 15.0 Å². The van der Waals surface area contributed by atoms with Crippen molar-refractivity contribution < 1.29 is 14.6 Å². The molecule has 1 aromatic heterocycles. The molecule has 6 rings (SSSR count). The lowest BCUT2D eigenvalue weighted by Gasteiger charge is -2.62. The molecule has 8 atom stereocenters. The zero-order chi connectivity index (χ0) is 24.4. The number of carbonyl (C=O) groups is 1. The Bertz CT molecular complexity index is 1080. The maximum atomic E-state index is 13.6. The predicted molar refractivity (Wildman–Crippen MR) is 135 cm³/mol. The number of Topliss-reactive ketones (excluding diaryl/α,β-unsaturated/α-hetero) is 1. The summed E-state index contributed by atoms with van der Waals surface area (Å²) >= 11 is 0. The van der Waals surface area contributed by atoms with E-state index in [4.69, 9.17) is 4.74 Å². The van der Waals surface area contributed by atoms with E-state index in [2.05, 4.69) is 17.1 Å². The number of rotatable bonds is 5. The van der Waals surface area contributed by atoms with E-state index < -0.39 is 5.60 Å². The van der Waals surface area contributed by atoms with Gasteiger partial charge in [0.25, 0.3) is 0 Å².